The van der Waals surface area contributed by atoms with Crippen LogP contribution < -0.4 is 0 Å². The summed E-state index contributed by atoms with van der Waals surface area (Å²) in [5.41, 5.74) is 15.6. The van der Waals surface area contributed by atoms with Gasteiger partial charge in [-0.15, -0.1) is 0 Å². The van der Waals surface area contributed by atoms with Crippen LogP contribution in [0.15, 0.2) is 152 Å². The van der Waals surface area contributed by atoms with Crippen molar-refractivity contribution in [3.8, 4) is 67.3 Å². The minimum atomic E-state index is 0.0996. The SMILES string of the molecule is Clc1ccc2c(c1)-c1cc(-c3cccc(-c4nc(-c5ccccc5)c(-c5ccccc5)nc4-c4ccccc4)c3)ccc1C21CCCCC1. The number of nitrogens with zero attached hydrogens (tertiary/aromatic N) is 2. The van der Waals surface area contributed by atoms with Gasteiger partial charge in [-0.05, 0) is 70.5 Å². The van der Waals surface area contributed by atoms with E-state index in [-0.39, 0.29) is 5.41 Å². The van der Waals surface area contributed by atoms with Crippen LogP contribution in [0, 0.1) is 0 Å². The monoisotopic (exact) mass is 650 g/mol. The van der Waals surface area contributed by atoms with E-state index in [4.69, 9.17) is 21.6 Å². The van der Waals surface area contributed by atoms with Gasteiger partial charge in [0.15, 0.2) is 0 Å². The number of benzene rings is 6. The largest absolute Gasteiger partial charge is 0.243 e. The normalized spacial score (nSPS) is 14.4. The van der Waals surface area contributed by atoms with E-state index in [0.29, 0.717) is 0 Å². The molecule has 0 unspecified atom stereocenters. The minimum Gasteiger partial charge on any atom is -0.243 e. The van der Waals surface area contributed by atoms with Crippen molar-refractivity contribution in [2.45, 2.75) is 37.5 Å². The Hall–Kier alpha value is -5.31. The van der Waals surface area contributed by atoms with Gasteiger partial charge >= 0.3 is 0 Å². The molecule has 3 heteroatoms. The third kappa shape index (κ3) is 5.19. The summed E-state index contributed by atoms with van der Waals surface area (Å²) in [5.74, 6) is 0. The summed E-state index contributed by atoms with van der Waals surface area (Å²) in [4.78, 5) is 10.9. The Bertz CT molecular complexity index is 2310. The second kappa shape index (κ2) is 12.3. The molecule has 0 saturated heterocycles. The van der Waals surface area contributed by atoms with Gasteiger partial charge in [0.1, 0.15) is 0 Å². The Morgan fingerprint density at radius 3 is 1.41 bits per heavy atom. The van der Waals surface area contributed by atoms with Crippen LogP contribution in [-0.4, -0.2) is 9.97 Å². The second-order valence-corrected chi connectivity index (χ2v) is 13.8. The molecule has 6 aromatic carbocycles. The topological polar surface area (TPSA) is 25.8 Å². The molecule has 2 aliphatic rings. The maximum atomic E-state index is 6.62. The van der Waals surface area contributed by atoms with Crippen molar-refractivity contribution in [1.82, 2.24) is 9.97 Å². The van der Waals surface area contributed by atoms with Crippen LogP contribution >= 0.6 is 11.6 Å². The van der Waals surface area contributed by atoms with E-state index in [1.807, 2.05) is 18.2 Å². The highest BCUT2D eigenvalue weighted by molar-refractivity contribution is 6.31. The first-order valence-electron chi connectivity index (χ1n) is 17.3. The predicted molar refractivity (Wildman–Crippen MR) is 204 cm³/mol. The van der Waals surface area contributed by atoms with Gasteiger partial charge in [0.05, 0.1) is 22.8 Å². The first-order chi connectivity index (χ1) is 24.2. The highest BCUT2D eigenvalue weighted by atomic mass is 35.5. The Morgan fingerprint density at radius 1 is 0.388 bits per heavy atom. The number of aromatic nitrogens is 2. The van der Waals surface area contributed by atoms with Crippen LogP contribution in [0.2, 0.25) is 5.02 Å². The molecule has 1 saturated carbocycles. The number of rotatable bonds is 5. The van der Waals surface area contributed by atoms with Crippen LogP contribution in [0.1, 0.15) is 43.2 Å². The van der Waals surface area contributed by atoms with E-state index in [9.17, 15) is 0 Å². The lowest BCUT2D eigenvalue weighted by molar-refractivity contribution is 0.353. The second-order valence-electron chi connectivity index (χ2n) is 13.4. The van der Waals surface area contributed by atoms with Gasteiger partial charge in [-0.1, -0.05) is 158 Å². The van der Waals surface area contributed by atoms with E-state index >= 15 is 0 Å². The maximum absolute atomic E-state index is 6.62. The lowest BCUT2D eigenvalue weighted by Crippen LogP contribution is -2.27. The van der Waals surface area contributed by atoms with E-state index in [1.165, 1.54) is 59.9 Å². The lowest BCUT2D eigenvalue weighted by Gasteiger charge is -2.36. The van der Waals surface area contributed by atoms with Crippen molar-refractivity contribution in [2.24, 2.45) is 0 Å². The average Bonchev–Trinajstić information content (AvgIpc) is 3.42. The highest BCUT2D eigenvalue weighted by Crippen LogP contribution is 2.56. The molecule has 0 aliphatic heterocycles. The van der Waals surface area contributed by atoms with Gasteiger partial charge in [0.25, 0.3) is 0 Å². The summed E-state index contributed by atoms with van der Waals surface area (Å²) in [6.07, 6.45) is 6.26. The van der Waals surface area contributed by atoms with Crippen molar-refractivity contribution in [3.05, 3.63) is 168 Å². The average molecular weight is 651 g/mol. The third-order valence-electron chi connectivity index (χ3n) is 10.5. The van der Waals surface area contributed by atoms with E-state index in [1.54, 1.807) is 0 Å². The van der Waals surface area contributed by atoms with Crippen LogP contribution in [0.25, 0.3) is 67.3 Å². The summed E-state index contributed by atoms with van der Waals surface area (Å²) in [6, 6.07) is 53.7. The molecule has 9 rings (SSSR count). The van der Waals surface area contributed by atoms with E-state index < -0.39 is 0 Å². The molecule has 0 N–H and O–H groups in total. The zero-order valence-electron chi connectivity index (χ0n) is 27.2. The lowest BCUT2D eigenvalue weighted by atomic mass is 9.68. The summed E-state index contributed by atoms with van der Waals surface area (Å²) < 4.78 is 0. The van der Waals surface area contributed by atoms with Crippen LogP contribution in [0.3, 0.4) is 0 Å². The molecular formula is C46H35ClN2. The molecule has 1 aromatic heterocycles. The quantitative estimate of drug-likeness (QED) is 0.185. The van der Waals surface area contributed by atoms with Crippen molar-refractivity contribution < 1.29 is 0 Å². The molecule has 7 aromatic rings. The summed E-state index contributed by atoms with van der Waals surface area (Å²) >= 11 is 6.62. The standard InChI is InChI=1S/C46H35ClN2/c47-37-23-25-41-39(30-37)38-29-35(22-24-40(38)46(41)26-11-4-12-27-46)34-20-13-21-36(28-34)45-44(33-18-9-3-10-19-33)48-42(31-14-5-1-6-15-31)43(49-45)32-16-7-2-8-17-32/h1-3,5-10,13-25,28-30H,4,11-12,26-27H2. The number of halogens is 1. The zero-order chi connectivity index (χ0) is 32.8. The molecule has 1 fully saturated rings. The van der Waals surface area contributed by atoms with Crippen molar-refractivity contribution in [1.29, 1.82) is 0 Å². The Kier molecular flexibility index (Phi) is 7.48. The fourth-order valence-corrected chi connectivity index (χ4v) is 8.41. The predicted octanol–water partition coefficient (Wildman–Crippen LogP) is 12.7. The van der Waals surface area contributed by atoms with Gasteiger partial charge < -0.3 is 0 Å². The maximum Gasteiger partial charge on any atom is 0.0973 e. The van der Waals surface area contributed by atoms with Gasteiger partial charge in [-0.25, -0.2) is 9.97 Å². The molecule has 0 radical (unpaired) electrons. The number of hydrogen-bond acceptors (Lipinski definition) is 2. The third-order valence-corrected chi connectivity index (χ3v) is 10.8. The number of fused-ring (bicyclic) bond motifs is 5. The molecule has 0 amide bonds. The van der Waals surface area contributed by atoms with E-state index in [2.05, 4.69) is 133 Å². The molecule has 2 nitrogen and oxygen atoms in total. The first kappa shape index (κ1) is 29.8. The molecule has 49 heavy (non-hydrogen) atoms. The fraction of sp³-hybridized carbons (Fsp3) is 0.130. The molecule has 1 spiro atoms. The Labute approximate surface area is 293 Å². The molecule has 1 heterocycles. The van der Waals surface area contributed by atoms with Gasteiger partial charge in [-0.2, -0.15) is 0 Å². The smallest absolute Gasteiger partial charge is 0.0973 e. The molecule has 0 atom stereocenters. The molecule has 236 valence electrons. The summed E-state index contributed by atoms with van der Waals surface area (Å²) in [5, 5.41) is 0.796. The highest BCUT2D eigenvalue weighted by Gasteiger charge is 2.43. The van der Waals surface area contributed by atoms with Crippen molar-refractivity contribution >= 4 is 11.6 Å². The van der Waals surface area contributed by atoms with Gasteiger partial charge in [0.2, 0.25) is 0 Å². The molecule has 2 aliphatic carbocycles. The first-order valence-corrected chi connectivity index (χ1v) is 17.7. The minimum absolute atomic E-state index is 0.0996. The summed E-state index contributed by atoms with van der Waals surface area (Å²) in [6.45, 7) is 0. The van der Waals surface area contributed by atoms with Crippen LogP contribution in [-0.2, 0) is 5.41 Å². The van der Waals surface area contributed by atoms with Gasteiger partial charge in [-0.3, -0.25) is 0 Å². The van der Waals surface area contributed by atoms with Gasteiger partial charge in [0, 0.05) is 32.7 Å². The Balaban J connectivity index is 1.22. The number of hydrogen-bond donors (Lipinski definition) is 0. The van der Waals surface area contributed by atoms with Crippen LogP contribution in [0.5, 0.6) is 0 Å². The van der Waals surface area contributed by atoms with E-state index in [0.717, 1.165) is 55.6 Å². The fourth-order valence-electron chi connectivity index (χ4n) is 8.23. The summed E-state index contributed by atoms with van der Waals surface area (Å²) in [7, 11) is 0. The molecular weight excluding hydrogens is 616 g/mol. The van der Waals surface area contributed by atoms with Crippen LogP contribution in [0.4, 0.5) is 0 Å². The zero-order valence-corrected chi connectivity index (χ0v) is 28.0. The Morgan fingerprint density at radius 2 is 0.837 bits per heavy atom. The molecule has 0 bridgehead atoms. The van der Waals surface area contributed by atoms with Crippen molar-refractivity contribution in [2.75, 3.05) is 0 Å². The van der Waals surface area contributed by atoms with Crippen molar-refractivity contribution in [3.63, 3.8) is 0 Å².